The molecule has 0 spiro atoms. The summed E-state index contributed by atoms with van der Waals surface area (Å²) >= 11 is 5.36. The van der Waals surface area contributed by atoms with Gasteiger partial charge >= 0.3 is 0 Å². The average molecular weight is 319 g/mol. The molecule has 0 aliphatic carbocycles. The summed E-state index contributed by atoms with van der Waals surface area (Å²) in [4.78, 5) is 10.9. The van der Waals surface area contributed by atoms with Gasteiger partial charge in [0.15, 0.2) is 0 Å². The molecule has 1 rings (SSSR count). The molecule has 0 fully saturated rings. The molecule has 0 saturated heterocycles. The van der Waals surface area contributed by atoms with Gasteiger partial charge in [0.1, 0.15) is 5.82 Å². The van der Waals surface area contributed by atoms with Crippen LogP contribution in [-0.2, 0) is 0 Å². The summed E-state index contributed by atoms with van der Waals surface area (Å²) < 4.78 is 0.929. The van der Waals surface area contributed by atoms with Gasteiger partial charge < -0.3 is 10.2 Å². The van der Waals surface area contributed by atoms with Crippen molar-refractivity contribution in [2.45, 2.75) is 19.4 Å². The van der Waals surface area contributed by atoms with Crippen molar-refractivity contribution in [2.24, 2.45) is 0 Å². The van der Waals surface area contributed by atoms with Gasteiger partial charge in [-0.3, -0.25) is 0 Å². The monoisotopic (exact) mass is 318 g/mol. The van der Waals surface area contributed by atoms with E-state index in [2.05, 4.69) is 56.3 Å². The maximum atomic E-state index is 4.49. The van der Waals surface area contributed by atoms with Gasteiger partial charge in [-0.05, 0) is 28.6 Å². The van der Waals surface area contributed by atoms with Crippen LogP contribution in [-0.4, -0.2) is 42.1 Å². The lowest BCUT2D eigenvalue weighted by molar-refractivity contribution is 0.664. The molecule has 6 heteroatoms. The maximum absolute atomic E-state index is 4.49. The van der Waals surface area contributed by atoms with Crippen LogP contribution in [0.5, 0.6) is 0 Å². The van der Waals surface area contributed by atoms with Gasteiger partial charge in [-0.2, -0.15) is 16.7 Å². The van der Waals surface area contributed by atoms with Crippen molar-refractivity contribution >= 4 is 39.5 Å². The van der Waals surface area contributed by atoms with Gasteiger partial charge in [0, 0.05) is 32.1 Å². The van der Waals surface area contributed by atoms with Crippen molar-refractivity contribution in [3.8, 4) is 0 Å². The molecular weight excluding hydrogens is 300 g/mol. The number of nitrogens with zero attached hydrogens (tertiary/aromatic N) is 3. The number of anilines is 2. The summed E-state index contributed by atoms with van der Waals surface area (Å²) in [5.41, 5.74) is 0. The normalized spacial score (nSPS) is 12.3. The Labute approximate surface area is 116 Å². The number of rotatable bonds is 6. The summed E-state index contributed by atoms with van der Waals surface area (Å²) in [6.45, 7) is 2.20. The number of hydrogen-bond acceptors (Lipinski definition) is 5. The van der Waals surface area contributed by atoms with E-state index in [1.165, 1.54) is 0 Å². The molecular formula is C11H19BrN4S. The Morgan fingerprint density at radius 2 is 2.29 bits per heavy atom. The van der Waals surface area contributed by atoms with Crippen LogP contribution in [0.25, 0.3) is 0 Å². The lowest BCUT2D eigenvalue weighted by Crippen LogP contribution is -2.34. The minimum absolute atomic E-state index is 0.487. The molecule has 1 unspecified atom stereocenters. The Morgan fingerprint density at radius 1 is 1.59 bits per heavy atom. The predicted octanol–water partition coefficient (Wildman–Crippen LogP) is 2.86. The fourth-order valence-corrected chi connectivity index (χ4v) is 2.91. The minimum Gasteiger partial charge on any atom is -0.357 e. The van der Waals surface area contributed by atoms with Gasteiger partial charge in [-0.15, -0.1) is 0 Å². The first kappa shape index (κ1) is 14.6. The van der Waals surface area contributed by atoms with Crippen molar-refractivity contribution < 1.29 is 0 Å². The van der Waals surface area contributed by atoms with E-state index in [0.29, 0.717) is 12.0 Å². The molecule has 1 aromatic heterocycles. The van der Waals surface area contributed by atoms with Crippen LogP contribution in [0, 0.1) is 0 Å². The Kier molecular flexibility index (Phi) is 6.05. The first-order chi connectivity index (χ1) is 8.13. The summed E-state index contributed by atoms with van der Waals surface area (Å²) in [5.74, 6) is 2.68. The van der Waals surface area contributed by atoms with Gasteiger partial charge in [0.25, 0.3) is 0 Å². The Bertz CT molecular complexity index is 361. The number of nitrogens with one attached hydrogen (secondary N) is 1. The zero-order valence-electron chi connectivity index (χ0n) is 10.7. The highest BCUT2D eigenvalue weighted by molar-refractivity contribution is 9.10. The number of thioether (sulfide) groups is 1. The largest absolute Gasteiger partial charge is 0.357 e. The topological polar surface area (TPSA) is 41.1 Å². The average Bonchev–Trinajstić information content (AvgIpc) is 2.35. The summed E-state index contributed by atoms with van der Waals surface area (Å²) in [5, 5.41) is 2.96. The van der Waals surface area contributed by atoms with E-state index in [9.17, 15) is 0 Å². The molecule has 0 aliphatic heterocycles. The van der Waals surface area contributed by atoms with E-state index in [0.717, 1.165) is 22.5 Å². The van der Waals surface area contributed by atoms with Crippen molar-refractivity contribution in [2.75, 3.05) is 36.3 Å². The zero-order valence-corrected chi connectivity index (χ0v) is 13.1. The summed E-state index contributed by atoms with van der Waals surface area (Å²) in [7, 11) is 3.91. The fraction of sp³-hybridized carbons (Fsp3) is 0.636. The lowest BCUT2D eigenvalue weighted by Gasteiger charge is -2.28. The van der Waals surface area contributed by atoms with Crippen LogP contribution < -0.4 is 10.2 Å². The van der Waals surface area contributed by atoms with Crippen molar-refractivity contribution in [3.05, 3.63) is 10.7 Å². The Morgan fingerprint density at radius 3 is 2.82 bits per heavy atom. The maximum Gasteiger partial charge on any atom is 0.224 e. The highest BCUT2D eigenvalue weighted by Crippen LogP contribution is 2.26. The second-order valence-electron chi connectivity index (χ2n) is 3.74. The Hall–Kier alpha value is -0.490. The second kappa shape index (κ2) is 7.06. The van der Waals surface area contributed by atoms with E-state index in [1.807, 2.05) is 18.8 Å². The molecule has 0 aromatic carbocycles. The number of hydrogen-bond donors (Lipinski definition) is 1. The lowest BCUT2D eigenvalue weighted by atomic mass is 10.2. The highest BCUT2D eigenvalue weighted by atomic mass is 79.9. The smallest absolute Gasteiger partial charge is 0.224 e. The number of aromatic nitrogens is 2. The van der Waals surface area contributed by atoms with E-state index in [-0.39, 0.29) is 0 Å². The van der Waals surface area contributed by atoms with E-state index in [1.54, 1.807) is 6.20 Å². The molecule has 4 nitrogen and oxygen atoms in total. The standard InChI is InChI=1S/C11H19BrN4S/c1-5-8(7-17-4)16(3)10-9(12)6-14-11(13-2)15-10/h6,8H,5,7H2,1-4H3,(H,13,14,15). The molecule has 96 valence electrons. The quantitative estimate of drug-likeness (QED) is 0.873. The first-order valence-corrected chi connectivity index (χ1v) is 7.74. The number of halogens is 1. The molecule has 0 aliphatic rings. The molecule has 17 heavy (non-hydrogen) atoms. The predicted molar refractivity (Wildman–Crippen MR) is 80.1 cm³/mol. The molecule has 0 radical (unpaired) electrons. The zero-order chi connectivity index (χ0) is 12.8. The van der Waals surface area contributed by atoms with Crippen molar-refractivity contribution in [3.63, 3.8) is 0 Å². The van der Waals surface area contributed by atoms with Gasteiger partial charge in [-0.25, -0.2) is 4.98 Å². The summed E-state index contributed by atoms with van der Waals surface area (Å²) in [6.07, 6.45) is 5.02. The van der Waals surface area contributed by atoms with Gasteiger partial charge in [-0.1, -0.05) is 6.92 Å². The highest BCUT2D eigenvalue weighted by Gasteiger charge is 2.17. The molecule has 1 N–H and O–H groups in total. The minimum atomic E-state index is 0.487. The Balaban J connectivity index is 2.96. The molecule has 0 bridgehead atoms. The first-order valence-electron chi connectivity index (χ1n) is 5.56. The molecule has 0 saturated carbocycles. The van der Waals surface area contributed by atoms with E-state index < -0.39 is 0 Å². The molecule has 1 atom stereocenters. The molecule has 1 heterocycles. The van der Waals surface area contributed by atoms with Gasteiger partial charge in [0.05, 0.1) is 4.47 Å². The summed E-state index contributed by atoms with van der Waals surface area (Å²) in [6, 6.07) is 0.487. The van der Waals surface area contributed by atoms with Crippen molar-refractivity contribution in [1.82, 2.24) is 9.97 Å². The van der Waals surface area contributed by atoms with Crippen molar-refractivity contribution in [1.29, 1.82) is 0 Å². The van der Waals surface area contributed by atoms with E-state index >= 15 is 0 Å². The van der Waals surface area contributed by atoms with Crippen LogP contribution in [0.1, 0.15) is 13.3 Å². The van der Waals surface area contributed by atoms with Crippen LogP contribution in [0.2, 0.25) is 0 Å². The van der Waals surface area contributed by atoms with Crippen LogP contribution >= 0.6 is 27.7 Å². The third-order valence-electron chi connectivity index (χ3n) is 2.66. The van der Waals surface area contributed by atoms with Crippen LogP contribution in [0.15, 0.2) is 10.7 Å². The van der Waals surface area contributed by atoms with Gasteiger partial charge in [0.2, 0.25) is 5.95 Å². The molecule has 0 amide bonds. The van der Waals surface area contributed by atoms with Crippen LogP contribution in [0.4, 0.5) is 11.8 Å². The SMILES string of the molecule is CCC(CSC)N(C)c1nc(NC)ncc1Br. The second-order valence-corrected chi connectivity index (χ2v) is 5.51. The fourth-order valence-electron chi connectivity index (χ4n) is 1.59. The van der Waals surface area contributed by atoms with Crippen LogP contribution in [0.3, 0.4) is 0 Å². The third-order valence-corrected chi connectivity index (χ3v) is 3.94. The third kappa shape index (κ3) is 3.74. The van der Waals surface area contributed by atoms with E-state index in [4.69, 9.17) is 0 Å². The molecule has 1 aromatic rings.